The first-order valence-electron chi connectivity index (χ1n) is 8.23. The summed E-state index contributed by atoms with van der Waals surface area (Å²) in [6.07, 6.45) is 2.52. The van der Waals surface area contributed by atoms with Gasteiger partial charge in [0.1, 0.15) is 5.76 Å². The molecule has 0 aliphatic heterocycles. The zero-order valence-corrected chi connectivity index (χ0v) is 13.9. The number of fused-ring (bicyclic) bond motifs is 1. The van der Waals surface area contributed by atoms with Crippen LogP contribution in [0, 0.1) is 6.92 Å². The Labute approximate surface area is 144 Å². The van der Waals surface area contributed by atoms with Gasteiger partial charge in [0.2, 0.25) is 0 Å². The van der Waals surface area contributed by atoms with Gasteiger partial charge in [-0.2, -0.15) is 0 Å². The van der Waals surface area contributed by atoms with Gasteiger partial charge >= 0.3 is 5.97 Å². The Kier molecular flexibility index (Phi) is 4.70. The van der Waals surface area contributed by atoms with E-state index in [1.54, 1.807) is 19.1 Å². The molecule has 2 aromatic rings. The lowest BCUT2D eigenvalue weighted by Crippen LogP contribution is -2.26. The number of carbonyl (C=O) groups excluding carboxylic acids is 2. The maximum Gasteiger partial charge on any atom is 0.335 e. The summed E-state index contributed by atoms with van der Waals surface area (Å²) >= 11 is 0. The molecule has 0 saturated carbocycles. The fraction of sp³-hybridized carbons (Fsp3) is 0.316. The van der Waals surface area contributed by atoms with Gasteiger partial charge in [0.15, 0.2) is 11.5 Å². The lowest BCUT2D eigenvalue weighted by Gasteiger charge is -2.07. The number of aryl methyl sites for hydroxylation is 1. The summed E-state index contributed by atoms with van der Waals surface area (Å²) in [4.78, 5) is 35.1. The summed E-state index contributed by atoms with van der Waals surface area (Å²) in [6.45, 7) is 2.13. The molecule has 0 unspecified atom stereocenters. The SMILES string of the molecule is Cc1c(C(=O)NCCc2ccc(C(=O)O)cc2)oc2c1C(=O)CCC2. The van der Waals surface area contributed by atoms with Crippen molar-refractivity contribution in [3.8, 4) is 0 Å². The van der Waals surface area contributed by atoms with Crippen molar-refractivity contribution >= 4 is 17.7 Å². The predicted molar refractivity (Wildman–Crippen MR) is 90.2 cm³/mol. The van der Waals surface area contributed by atoms with Gasteiger partial charge in [-0.1, -0.05) is 12.1 Å². The van der Waals surface area contributed by atoms with Gasteiger partial charge in [-0.3, -0.25) is 9.59 Å². The van der Waals surface area contributed by atoms with Crippen molar-refractivity contribution in [1.29, 1.82) is 0 Å². The smallest absolute Gasteiger partial charge is 0.335 e. The summed E-state index contributed by atoms with van der Waals surface area (Å²) in [7, 11) is 0. The third-order valence-electron chi connectivity index (χ3n) is 4.41. The Morgan fingerprint density at radius 2 is 1.92 bits per heavy atom. The molecule has 1 heterocycles. The van der Waals surface area contributed by atoms with Crippen molar-refractivity contribution in [2.24, 2.45) is 0 Å². The molecule has 3 rings (SSSR count). The quantitative estimate of drug-likeness (QED) is 0.871. The molecule has 1 aliphatic carbocycles. The number of ketones is 1. The van der Waals surface area contributed by atoms with E-state index in [1.165, 1.54) is 12.1 Å². The van der Waals surface area contributed by atoms with E-state index >= 15 is 0 Å². The normalized spacial score (nSPS) is 13.4. The van der Waals surface area contributed by atoms with Crippen LogP contribution in [0.25, 0.3) is 0 Å². The van der Waals surface area contributed by atoms with E-state index in [2.05, 4.69) is 5.32 Å². The lowest BCUT2D eigenvalue weighted by molar-refractivity contribution is 0.0696. The summed E-state index contributed by atoms with van der Waals surface area (Å²) in [5.74, 6) is -0.432. The zero-order valence-electron chi connectivity index (χ0n) is 13.9. The highest BCUT2D eigenvalue weighted by molar-refractivity contribution is 6.03. The van der Waals surface area contributed by atoms with E-state index in [0.717, 1.165) is 12.0 Å². The van der Waals surface area contributed by atoms with E-state index in [4.69, 9.17) is 9.52 Å². The van der Waals surface area contributed by atoms with Crippen LogP contribution in [0.3, 0.4) is 0 Å². The van der Waals surface area contributed by atoms with Crippen LogP contribution in [-0.2, 0) is 12.8 Å². The second kappa shape index (κ2) is 6.93. The van der Waals surface area contributed by atoms with Gasteiger partial charge in [0.05, 0.1) is 11.1 Å². The number of nitrogens with one attached hydrogen (secondary N) is 1. The summed E-state index contributed by atoms with van der Waals surface area (Å²) in [5, 5.41) is 11.7. The molecule has 0 fully saturated rings. The Morgan fingerprint density at radius 3 is 2.56 bits per heavy atom. The number of furan rings is 1. The third-order valence-corrected chi connectivity index (χ3v) is 4.41. The maximum absolute atomic E-state index is 12.3. The number of Topliss-reactive ketones (excluding diaryl/α,β-unsaturated/α-hetero) is 1. The number of carboxylic acids is 1. The van der Waals surface area contributed by atoms with Crippen LogP contribution >= 0.6 is 0 Å². The van der Waals surface area contributed by atoms with Gasteiger partial charge in [-0.15, -0.1) is 0 Å². The molecule has 2 N–H and O–H groups in total. The van der Waals surface area contributed by atoms with Crippen LogP contribution in [0.15, 0.2) is 28.7 Å². The van der Waals surface area contributed by atoms with Crippen molar-refractivity contribution < 1.29 is 23.9 Å². The second-order valence-corrected chi connectivity index (χ2v) is 6.14. The first-order chi connectivity index (χ1) is 12.0. The fourth-order valence-corrected chi connectivity index (χ4v) is 3.08. The average molecular weight is 341 g/mol. The number of amides is 1. The highest BCUT2D eigenvalue weighted by atomic mass is 16.4. The van der Waals surface area contributed by atoms with Crippen molar-refractivity contribution in [2.45, 2.75) is 32.6 Å². The molecule has 1 aromatic heterocycles. The van der Waals surface area contributed by atoms with Gasteiger partial charge in [-0.05, 0) is 37.5 Å². The Balaban J connectivity index is 1.61. The number of benzene rings is 1. The molecule has 0 saturated heterocycles. The van der Waals surface area contributed by atoms with E-state index < -0.39 is 5.97 Å². The van der Waals surface area contributed by atoms with Gasteiger partial charge in [-0.25, -0.2) is 4.79 Å². The third kappa shape index (κ3) is 3.47. The fourth-order valence-electron chi connectivity index (χ4n) is 3.08. The number of rotatable bonds is 5. The molecule has 6 heteroatoms. The molecule has 25 heavy (non-hydrogen) atoms. The van der Waals surface area contributed by atoms with Crippen molar-refractivity contribution in [3.63, 3.8) is 0 Å². The summed E-state index contributed by atoms with van der Waals surface area (Å²) < 4.78 is 5.62. The topological polar surface area (TPSA) is 96.6 Å². The van der Waals surface area contributed by atoms with Crippen LogP contribution in [-0.4, -0.2) is 29.3 Å². The van der Waals surface area contributed by atoms with Crippen LogP contribution in [0.5, 0.6) is 0 Å². The van der Waals surface area contributed by atoms with Crippen molar-refractivity contribution in [2.75, 3.05) is 6.54 Å². The van der Waals surface area contributed by atoms with Gasteiger partial charge < -0.3 is 14.8 Å². The standard InChI is InChI=1S/C19H19NO5/c1-11-16-14(21)3-2-4-15(16)25-17(11)18(22)20-10-9-12-5-7-13(8-6-12)19(23)24/h5-8H,2-4,9-10H2,1H3,(H,20,22)(H,23,24). The first-order valence-corrected chi connectivity index (χ1v) is 8.23. The van der Waals surface area contributed by atoms with Crippen LogP contribution in [0.4, 0.5) is 0 Å². The average Bonchev–Trinajstić information content (AvgIpc) is 2.93. The van der Waals surface area contributed by atoms with E-state index in [-0.39, 0.29) is 23.0 Å². The van der Waals surface area contributed by atoms with Crippen molar-refractivity contribution in [1.82, 2.24) is 5.32 Å². The summed E-state index contributed by atoms with van der Waals surface area (Å²) in [6, 6.07) is 6.53. The number of aromatic carboxylic acids is 1. The molecule has 1 aromatic carbocycles. The minimum absolute atomic E-state index is 0.0417. The number of hydrogen-bond acceptors (Lipinski definition) is 4. The molecular weight excluding hydrogens is 322 g/mol. The van der Waals surface area contributed by atoms with Gasteiger partial charge in [0, 0.05) is 24.9 Å². The second-order valence-electron chi connectivity index (χ2n) is 6.14. The predicted octanol–water partition coefficient (Wildman–Crippen LogP) is 2.78. The number of carbonyl (C=O) groups is 3. The molecule has 6 nitrogen and oxygen atoms in total. The highest BCUT2D eigenvalue weighted by Gasteiger charge is 2.28. The van der Waals surface area contributed by atoms with E-state index in [1.807, 2.05) is 0 Å². The van der Waals surface area contributed by atoms with Gasteiger partial charge in [0.25, 0.3) is 5.91 Å². The van der Waals surface area contributed by atoms with Crippen LogP contribution in [0.2, 0.25) is 0 Å². The molecule has 0 radical (unpaired) electrons. The molecule has 0 atom stereocenters. The number of hydrogen-bond donors (Lipinski definition) is 2. The molecule has 1 amide bonds. The number of carboxylic acid groups (broad SMARTS) is 1. The zero-order chi connectivity index (χ0) is 18.0. The largest absolute Gasteiger partial charge is 0.478 e. The molecule has 0 bridgehead atoms. The molecule has 130 valence electrons. The highest BCUT2D eigenvalue weighted by Crippen LogP contribution is 2.29. The Bertz CT molecular complexity index is 832. The van der Waals surface area contributed by atoms with E-state index in [0.29, 0.717) is 42.7 Å². The van der Waals surface area contributed by atoms with E-state index in [9.17, 15) is 14.4 Å². The molecular formula is C19H19NO5. The molecule has 1 aliphatic rings. The minimum atomic E-state index is -0.966. The summed E-state index contributed by atoms with van der Waals surface area (Å²) in [5.41, 5.74) is 2.34. The monoisotopic (exact) mass is 341 g/mol. The Hall–Kier alpha value is -2.89. The van der Waals surface area contributed by atoms with Crippen LogP contribution in [0.1, 0.15) is 61.0 Å². The van der Waals surface area contributed by atoms with Crippen LogP contribution < -0.4 is 5.32 Å². The lowest BCUT2D eigenvalue weighted by atomic mass is 9.94. The Morgan fingerprint density at radius 1 is 1.20 bits per heavy atom. The maximum atomic E-state index is 12.3. The first kappa shape index (κ1) is 17.0. The van der Waals surface area contributed by atoms with Crippen molar-refractivity contribution in [3.05, 3.63) is 58.0 Å². The minimum Gasteiger partial charge on any atom is -0.478 e. The molecule has 0 spiro atoms.